The van der Waals surface area contributed by atoms with Gasteiger partial charge in [-0.1, -0.05) is 11.6 Å². The molecule has 0 spiro atoms. The second-order valence-electron chi connectivity index (χ2n) is 2.26. The first-order valence-electron chi connectivity index (χ1n) is 3.25. The van der Waals surface area contributed by atoms with Crippen LogP contribution in [0.15, 0.2) is 18.6 Å². The number of aldehydes is 1. The molecule has 0 radical (unpaired) electrons. The van der Waals surface area contributed by atoms with Crippen molar-refractivity contribution in [1.82, 2.24) is 14.4 Å². The standard InChI is InChI=1S/C7H4ClN3O/c8-6-2-10-7-9-1-5(4-12)3-11(6)7/h1-4H. The molecule has 2 aromatic rings. The lowest BCUT2D eigenvalue weighted by atomic mass is 10.4. The van der Waals surface area contributed by atoms with Crippen LogP contribution < -0.4 is 0 Å². The van der Waals surface area contributed by atoms with Crippen LogP contribution in [0.3, 0.4) is 0 Å². The van der Waals surface area contributed by atoms with Crippen LogP contribution in [0.25, 0.3) is 5.78 Å². The molecule has 2 rings (SSSR count). The van der Waals surface area contributed by atoms with E-state index in [9.17, 15) is 4.79 Å². The number of imidazole rings is 1. The molecule has 0 atom stereocenters. The third kappa shape index (κ3) is 0.967. The molecular weight excluding hydrogens is 178 g/mol. The van der Waals surface area contributed by atoms with E-state index in [0.717, 1.165) is 0 Å². The first kappa shape index (κ1) is 7.24. The molecule has 2 heterocycles. The minimum absolute atomic E-state index is 0.446. The van der Waals surface area contributed by atoms with Crippen molar-refractivity contribution in [3.8, 4) is 0 Å². The molecule has 0 saturated heterocycles. The van der Waals surface area contributed by atoms with E-state index < -0.39 is 0 Å². The van der Waals surface area contributed by atoms with Gasteiger partial charge in [0, 0.05) is 18.0 Å². The van der Waals surface area contributed by atoms with E-state index in [0.29, 0.717) is 22.8 Å². The van der Waals surface area contributed by atoms with Gasteiger partial charge in [-0.3, -0.25) is 9.20 Å². The second kappa shape index (κ2) is 2.57. The lowest BCUT2D eigenvalue weighted by molar-refractivity contribution is 0.112. The molecule has 0 bridgehead atoms. The van der Waals surface area contributed by atoms with E-state index in [2.05, 4.69) is 9.97 Å². The van der Waals surface area contributed by atoms with Crippen LogP contribution in [-0.2, 0) is 0 Å². The largest absolute Gasteiger partial charge is 0.298 e. The Hall–Kier alpha value is -1.42. The molecule has 0 fully saturated rings. The Morgan fingerprint density at radius 3 is 2.92 bits per heavy atom. The van der Waals surface area contributed by atoms with Gasteiger partial charge in [-0.15, -0.1) is 0 Å². The summed E-state index contributed by atoms with van der Waals surface area (Å²) in [6, 6.07) is 0. The van der Waals surface area contributed by atoms with E-state index >= 15 is 0 Å². The number of nitrogens with zero attached hydrogens (tertiary/aromatic N) is 3. The van der Waals surface area contributed by atoms with Crippen molar-refractivity contribution in [2.24, 2.45) is 0 Å². The van der Waals surface area contributed by atoms with Gasteiger partial charge >= 0.3 is 0 Å². The molecule has 60 valence electrons. The lowest BCUT2D eigenvalue weighted by Crippen LogP contribution is -1.91. The molecule has 0 aliphatic rings. The van der Waals surface area contributed by atoms with Crippen molar-refractivity contribution in [3.05, 3.63) is 29.3 Å². The number of halogens is 1. The summed E-state index contributed by atoms with van der Waals surface area (Å²) >= 11 is 5.75. The monoisotopic (exact) mass is 181 g/mol. The maximum Gasteiger partial charge on any atom is 0.234 e. The van der Waals surface area contributed by atoms with E-state index in [1.165, 1.54) is 12.4 Å². The molecule has 5 heteroatoms. The van der Waals surface area contributed by atoms with Crippen molar-refractivity contribution in [2.45, 2.75) is 0 Å². The number of carbonyl (C=O) groups is 1. The molecule has 0 unspecified atom stereocenters. The van der Waals surface area contributed by atoms with Crippen LogP contribution in [0.2, 0.25) is 5.15 Å². The highest BCUT2D eigenvalue weighted by Gasteiger charge is 2.01. The maximum atomic E-state index is 10.4. The molecule has 0 saturated carbocycles. The number of hydrogen-bond donors (Lipinski definition) is 0. The van der Waals surface area contributed by atoms with Gasteiger partial charge < -0.3 is 0 Å². The molecule has 4 nitrogen and oxygen atoms in total. The zero-order valence-corrected chi connectivity index (χ0v) is 6.69. The molecule has 0 amide bonds. The molecular formula is C7H4ClN3O. The fourth-order valence-electron chi connectivity index (χ4n) is 0.921. The molecule has 0 N–H and O–H groups in total. The van der Waals surface area contributed by atoms with Gasteiger partial charge in [-0.25, -0.2) is 9.97 Å². The Balaban J connectivity index is 2.79. The fourth-order valence-corrected chi connectivity index (χ4v) is 1.09. The van der Waals surface area contributed by atoms with Gasteiger partial charge in [0.05, 0.1) is 6.20 Å². The average Bonchev–Trinajstić information content (AvgIpc) is 2.47. The summed E-state index contributed by atoms with van der Waals surface area (Å²) in [5.74, 6) is 0.491. The van der Waals surface area contributed by atoms with E-state index in [1.54, 1.807) is 10.6 Å². The molecule has 0 aliphatic heterocycles. The van der Waals surface area contributed by atoms with Crippen molar-refractivity contribution in [3.63, 3.8) is 0 Å². The summed E-state index contributed by atoms with van der Waals surface area (Å²) in [7, 11) is 0. The van der Waals surface area contributed by atoms with Crippen molar-refractivity contribution >= 4 is 23.7 Å². The van der Waals surface area contributed by atoms with Crippen LogP contribution in [-0.4, -0.2) is 20.7 Å². The van der Waals surface area contributed by atoms with E-state index in [4.69, 9.17) is 11.6 Å². The summed E-state index contributed by atoms with van der Waals surface area (Å²) in [4.78, 5) is 18.2. The minimum Gasteiger partial charge on any atom is -0.298 e. The highest BCUT2D eigenvalue weighted by Crippen LogP contribution is 2.09. The Labute approximate surface area is 72.8 Å². The highest BCUT2D eigenvalue weighted by molar-refractivity contribution is 6.29. The van der Waals surface area contributed by atoms with Crippen molar-refractivity contribution < 1.29 is 4.79 Å². The van der Waals surface area contributed by atoms with Crippen LogP contribution in [0.4, 0.5) is 0 Å². The fraction of sp³-hybridized carbons (Fsp3) is 0. The zero-order chi connectivity index (χ0) is 8.55. The summed E-state index contributed by atoms with van der Waals surface area (Å²) in [6.45, 7) is 0. The molecule has 12 heavy (non-hydrogen) atoms. The second-order valence-corrected chi connectivity index (χ2v) is 2.64. The zero-order valence-electron chi connectivity index (χ0n) is 5.94. The smallest absolute Gasteiger partial charge is 0.234 e. The van der Waals surface area contributed by atoms with Gasteiger partial charge in [-0.2, -0.15) is 0 Å². The maximum absolute atomic E-state index is 10.4. The molecule has 0 aromatic carbocycles. The SMILES string of the molecule is O=Cc1cnc2ncc(Cl)n2c1. The third-order valence-corrected chi connectivity index (χ3v) is 1.76. The Morgan fingerprint density at radius 1 is 1.42 bits per heavy atom. The Bertz CT molecular complexity index is 437. The predicted molar refractivity (Wildman–Crippen MR) is 43.4 cm³/mol. The van der Waals surface area contributed by atoms with Crippen molar-refractivity contribution in [1.29, 1.82) is 0 Å². The molecule has 2 aromatic heterocycles. The molecule has 0 aliphatic carbocycles. The van der Waals surface area contributed by atoms with E-state index in [-0.39, 0.29) is 0 Å². The topological polar surface area (TPSA) is 47.3 Å². The Kier molecular flexibility index (Phi) is 1.55. The number of hydrogen-bond acceptors (Lipinski definition) is 3. The van der Waals surface area contributed by atoms with Crippen LogP contribution >= 0.6 is 11.6 Å². The summed E-state index contributed by atoms with van der Waals surface area (Å²) in [5.41, 5.74) is 0.474. The van der Waals surface area contributed by atoms with Crippen LogP contribution in [0, 0.1) is 0 Å². The number of carbonyl (C=O) groups excluding carboxylic acids is 1. The normalized spacial score (nSPS) is 10.4. The van der Waals surface area contributed by atoms with Gasteiger partial charge in [0.1, 0.15) is 5.15 Å². The third-order valence-electron chi connectivity index (χ3n) is 1.48. The predicted octanol–water partition coefficient (Wildman–Crippen LogP) is 1.20. The first-order chi connectivity index (χ1) is 5.81. The summed E-state index contributed by atoms with van der Waals surface area (Å²) in [6.07, 6.45) is 5.23. The lowest BCUT2D eigenvalue weighted by Gasteiger charge is -1.93. The minimum atomic E-state index is 0.446. The van der Waals surface area contributed by atoms with E-state index in [1.807, 2.05) is 0 Å². The number of rotatable bonds is 1. The number of aromatic nitrogens is 3. The van der Waals surface area contributed by atoms with Gasteiger partial charge in [0.2, 0.25) is 5.78 Å². The van der Waals surface area contributed by atoms with Gasteiger partial charge in [0.25, 0.3) is 0 Å². The van der Waals surface area contributed by atoms with Crippen molar-refractivity contribution in [2.75, 3.05) is 0 Å². The summed E-state index contributed by atoms with van der Waals surface area (Å²) < 4.78 is 1.55. The first-order valence-corrected chi connectivity index (χ1v) is 3.63. The Morgan fingerprint density at radius 2 is 2.17 bits per heavy atom. The number of fused-ring (bicyclic) bond motifs is 1. The summed E-state index contributed by atoms with van der Waals surface area (Å²) in [5, 5.41) is 0.446. The quantitative estimate of drug-likeness (QED) is 0.621. The van der Waals surface area contributed by atoms with Crippen LogP contribution in [0.1, 0.15) is 10.4 Å². The van der Waals surface area contributed by atoms with Gasteiger partial charge in [-0.05, 0) is 0 Å². The average molecular weight is 182 g/mol. The van der Waals surface area contributed by atoms with Crippen LogP contribution in [0.5, 0.6) is 0 Å². The highest BCUT2D eigenvalue weighted by atomic mass is 35.5. The van der Waals surface area contributed by atoms with Gasteiger partial charge in [0.15, 0.2) is 6.29 Å².